The van der Waals surface area contributed by atoms with Gasteiger partial charge in [-0.05, 0) is 18.1 Å². The molecule has 0 aromatic rings. The molecule has 1 rings (SSSR count). The average molecular weight is 240 g/mol. The molecule has 18 heavy (non-hydrogen) atoms. The summed E-state index contributed by atoms with van der Waals surface area (Å²) in [5, 5.41) is 16.2. The van der Waals surface area contributed by atoms with Gasteiger partial charge in [-0.2, -0.15) is 10.5 Å². The van der Waals surface area contributed by atoms with Gasteiger partial charge in [0.1, 0.15) is 17.9 Å². The Morgan fingerprint density at radius 2 is 1.94 bits per heavy atom. The summed E-state index contributed by atoms with van der Waals surface area (Å²) in [5.74, 6) is 0.428. The first-order valence-corrected chi connectivity index (χ1v) is 5.30. The van der Waals surface area contributed by atoms with Crippen molar-refractivity contribution < 1.29 is 4.74 Å². The lowest BCUT2D eigenvalue weighted by Gasteiger charge is -2.13. The van der Waals surface area contributed by atoms with E-state index in [-0.39, 0.29) is 6.10 Å². The third-order valence-electron chi connectivity index (χ3n) is 2.29. The van der Waals surface area contributed by atoms with E-state index in [0.717, 1.165) is 11.1 Å². The molecule has 0 saturated heterocycles. The summed E-state index contributed by atoms with van der Waals surface area (Å²) >= 11 is 0. The smallest absolute Gasteiger partial charge is 0.146 e. The molecule has 1 atom stereocenters. The van der Waals surface area contributed by atoms with Crippen molar-refractivity contribution >= 4 is 0 Å². The van der Waals surface area contributed by atoms with Gasteiger partial charge in [0.25, 0.3) is 0 Å². The number of hydrogen-bond acceptors (Lipinski definition) is 3. The van der Waals surface area contributed by atoms with E-state index in [4.69, 9.17) is 15.3 Å². The molecule has 0 amide bonds. The first kappa shape index (κ1) is 15.5. The molecule has 3 nitrogen and oxygen atoms in total. The largest absolute Gasteiger partial charge is 0.481 e. The van der Waals surface area contributed by atoms with E-state index < -0.39 is 0 Å². The lowest BCUT2D eigenvalue weighted by molar-refractivity contribution is 0.207. The number of allylic oxidation sites excluding steroid dienone is 3. The van der Waals surface area contributed by atoms with Crippen LogP contribution in [0.25, 0.3) is 0 Å². The summed E-state index contributed by atoms with van der Waals surface area (Å²) in [6.07, 6.45) is 4.93. The maximum atomic E-state index is 8.89. The van der Waals surface area contributed by atoms with Gasteiger partial charge in [-0.3, -0.25) is 0 Å². The van der Waals surface area contributed by atoms with Crippen LogP contribution in [0.15, 0.2) is 60.4 Å². The predicted molar refractivity (Wildman–Crippen MR) is 72.1 cm³/mol. The van der Waals surface area contributed by atoms with E-state index in [1.807, 2.05) is 13.0 Å². The molecule has 0 bridgehead atoms. The van der Waals surface area contributed by atoms with Crippen LogP contribution in [-0.2, 0) is 4.74 Å². The topological polar surface area (TPSA) is 56.8 Å². The van der Waals surface area contributed by atoms with Gasteiger partial charge in [-0.25, -0.2) is 0 Å². The highest BCUT2D eigenvalue weighted by Gasteiger charge is 2.28. The monoisotopic (exact) mass is 240 g/mol. The zero-order chi connectivity index (χ0) is 14.1. The molecule has 0 fully saturated rings. The number of rotatable bonds is 3. The van der Waals surface area contributed by atoms with Crippen molar-refractivity contribution in [2.45, 2.75) is 20.0 Å². The van der Waals surface area contributed by atoms with Gasteiger partial charge in [-0.1, -0.05) is 38.0 Å². The lowest BCUT2D eigenvalue weighted by Crippen LogP contribution is -2.09. The second kappa shape index (κ2) is 7.70. The van der Waals surface area contributed by atoms with E-state index in [0.29, 0.717) is 11.3 Å². The van der Waals surface area contributed by atoms with Crippen molar-refractivity contribution in [3.63, 3.8) is 0 Å². The Bertz CT molecular complexity index is 496. The van der Waals surface area contributed by atoms with Gasteiger partial charge < -0.3 is 4.74 Å². The minimum absolute atomic E-state index is 0.248. The van der Waals surface area contributed by atoms with E-state index >= 15 is 0 Å². The number of nitriles is 2. The van der Waals surface area contributed by atoms with Crippen LogP contribution >= 0.6 is 0 Å². The summed E-state index contributed by atoms with van der Waals surface area (Å²) in [7, 11) is 0. The second-order valence-corrected chi connectivity index (χ2v) is 3.42. The van der Waals surface area contributed by atoms with E-state index in [1.165, 1.54) is 6.92 Å². The van der Waals surface area contributed by atoms with Crippen molar-refractivity contribution in [3.8, 4) is 12.1 Å². The highest BCUT2D eigenvalue weighted by Crippen LogP contribution is 2.32. The molecule has 0 spiro atoms. The Kier molecular flexibility index (Phi) is 6.63. The summed E-state index contributed by atoms with van der Waals surface area (Å²) in [5.41, 5.74) is 2.28. The lowest BCUT2D eigenvalue weighted by atomic mass is 10.0. The molecule has 92 valence electrons. The fraction of sp³-hybridized carbons (Fsp3) is 0.200. The van der Waals surface area contributed by atoms with Crippen LogP contribution in [0.2, 0.25) is 0 Å². The number of ether oxygens (including phenoxy) is 1. The van der Waals surface area contributed by atoms with Crippen LogP contribution < -0.4 is 0 Å². The van der Waals surface area contributed by atoms with Crippen molar-refractivity contribution in [3.05, 3.63) is 60.4 Å². The zero-order valence-electron chi connectivity index (χ0n) is 10.7. The van der Waals surface area contributed by atoms with Crippen LogP contribution in [0.5, 0.6) is 0 Å². The van der Waals surface area contributed by atoms with Crippen LogP contribution in [0.4, 0.5) is 0 Å². The normalized spacial score (nSPS) is 17.9. The van der Waals surface area contributed by atoms with Crippen LogP contribution in [0.3, 0.4) is 0 Å². The van der Waals surface area contributed by atoms with Gasteiger partial charge in [0.15, 0.2) is 0 Å². The number of nitrogens with zero attached hydrogens (tertiary/aromatic N) is 2. The van der Waals surface area contributed by atoms with Crippen molar-refractivity contribution in [1.29, 1.82) is 10.5 Å². The van der Waals surface area contributed by atoms with Crippen molar-refractivity contribution in [2.24, 2.45) is 0 Å². The molecule has 1 unspecified atom stereocenters. The Labute approximate surface area is 108 Å². The Morgan fingerprint density at radius 3 is 2.28 bits per heavy atom. The molecule has 3 heteroatoms. The minimum Gasteiger partial charge on any atom is -0.481 e. The molecule has 0 aromatic heterocycles. The third kappa shape index (κ3) is 3.50. The van der Waals surface area contributed by atoms with Gasteiger partial charge in [0.05, 0.1) is 11.6 Å². The molecule has 0 saturated carbocycles. The van der Waals surface area contributed by atoms with Crippen LogP contribution in [-0.4, -0.2) is 6.10 Å². The summed E-state index contributed by atoms with van der Waals surface area (Å²) in [6.45, 7) is 14.3. The summed E-state index contributed by atoms with van der Waals surface area (Å²) in [4.78, 5) is 0. The van der Waals surface area contributed by atoms with Crippen LogP contribution in [0.1, 0.15) is 13.8 Å². The summed E-state index contributed by atoms with van der Waals surface area (Å²) in [6, 6.07) is 3.83. The summed E-state index contributed by atoms with van der Waals surface area (Å²) < 4.78 is 5.50. The molecular weight excluding hydrogens is 224 g/mol. The Hall–Kier alpha value is -2.52. The highest BCUT2D eigenvalue weighted by atomic mass is 16.5. The van der Waals surface area contributed by atoms with Gasteiger partial charge in [0.2, 0.25) is 0 Å². The molecule has 0 N–H and O–H groups in total. The van der Waals surface area contributed by atoms with Gasteiger partial charge >= 0.3 is 0 Å². The predicted octanol–water partition coefficient (Wildman–Crippen LogP) is 3.57. The molecule has 0 aliphatic carbocycles. The molecule has 0 radical (unpaired) electrons. The Balaban J connectivity index is 0.000000873. The van der Waals surface area contributed by atoms with Gasteiger partial charge in [0, 0.05) is 6.92 Å². The third-order valence-corrected chi connectivity index (χ3v) is 2.29. The first-order chi connectivity index (χ1) is 8.56. The Morgan fingerprint density at radius 1 is 1.39 bits per heavy atom. The fourth-order valence-corrected chi connectivity index (χ4v) is 1.51. The fourth-order valence-electron chi connectivity index (χ4n) is 1.51. The zero-order valence-corrected chi connectivity index (χ0v) is 10.7. The average Bonchev–Trinajstić information content (AvgIpc) is 2.62. The van der Waals surface area contributed by atoms with Crippen molar-refractivity contribution in [1.82, 2.24) is 0 Å². The minimum atomic E-state index is -0.248. The SMILES string of the molecule is C=C/C=C(\C=C)C1OC(=C)C(C#N)=C1C.CC#N. The number of hydrogen-bond donors (Lipinski definition) is 0. The second-order valence-electron chi connectivity index (χ2n) is 3.42. The molecule has 0 aromatic carbocycles. The maximum Gasteiger partial charge on any atom is 0.146 e. The van der Waals surface area contributed by atoms with Gasteiger partial charge in [-0.15, -0.1) is 0 Å². The van der Waals surface area contributed by atoms with Crippen LogP contribution in [0, 0.1) is 22.7 Å². The molecule has 1 aliphatic heterocycles. The molecule has 1 heterocycles. The van der Waals surface area contributed by atoms with E-state index in [2.05, 4.69) is 25.8 Å². The quantitative estimate of drug-likeness (QED) is 0.708. The van der Waals surface area contributed by atoms with E-state index in [9.17, 15) is 0 Å². The maximum absolute atomic E-state index is 8.89. The highest BCUT2D eigenvalue weighted by molar-refractivity contribution is 5.50. The van der Waals surface area contributed by atoms with Crippen molar-refractivity contribution in [2.75, 3.05) is 0 Å². The standard InChI is InChI=1S/C13H13NO.C2H3N/c1-5-7-11(6-2)13-9(3)12(8-14)10(4)15-13;1-2-3/h5-7,13H,1-2,4H2,3H3;1H3/b11-7+;. The molecular formula is C15H16N2O. The van der Waals surface area contributed by atoms with E-state index in [1.54, 1.807) is 18.2 Å². The first-order valence-electron chi connectivity index (χ1n) is 5.30. The molecule has 1 aliphatic rings.